The summed E-state index contributed by atoms with van der Waals surface area (Å²) in [6, 6.07) is 74.5. The molecular formula is C56H34N4. The molecule has 278 valence electrons. The number of hydrogen-bond donors (Lipinski definition) is 0. The van der Waals surface area contributed by atoms with Crippen LogP contribution in [-0.4, -0.2) is 19.1 Å². The molecule has 0 saturated carbocycles. The fourth-order valence-corrected chi connectivity index (χ4v) is 9.60. The van der Waals surface area contributed by atoms with Crippen molar-refractivity contribution in [2.24, 2.45) is 0 Å². The number of hydrogen-bond acceptors (Lipinski definition) is 2. The van der Waals surface area contributed by atoms with E-state index in [0.29, 0.717) is 0 Å². The van der Waals surface area contributed by atoms with Gasteiger partial charge in [-0.2, -0.15) is 0 Å². The van der Waals surface area contributed by atoms with Crippen LogP contribution < -0.4 is 0 Å². The average Bonchev–Trinajstić information content (AvgIpc) is 3.83. The Kier molecular flexibility index (Phi) is 6.98. The highest BCUT2D eigenvalue weighted by Gasteiger charge is 2.22. The Balaban J connectivity index is 1.07. The van der Waals surface area contributed by atoms with E-state index in [4.69, 9.17) is 9.97 Å². The first-order chi connectivity index (χ1) is 29.7. The first-order valence-electron chi connectivity index (χ1n) is 20.5. The molecule has 0 amide bonds. The molecule has 4 heteroatoms. The number of benzene rings is 10. The van der Waals surface area contributed by atoms with E-state index in [0.717, 1.165) is 50.4 Å². The summed E-state index contributed by atoms with van der Waals surface area (Å²) in [6.45, 7) is 0. The Morgan fingerprint density at radius 2 is 0.867 bits per heavy atom. The molecule has 0 saturated heterocycles. The molecule has 0 unspecified atom stereocenters. The maximum Gasteiger partial charge on any atom is 0.165 e. The van der Waals surface area contributed by atoms with Gasteiger partial charge in [-0.05, 0) is 92.7 Å². The number of nitrogens with zero attached hydrogens (tertiary/aromatic N) is 4. The van der Waals surface area contributed by atoms with Gasteiger partial charge in [-0.1, -0.05) is 152 Å². The van der Waals surface area contributed by atoms with Gasteiger partial charge < -0.3 is 4.57 Å². The molecule has 0 aliphatic heterocycles. The van der Waals surface area contributed by atoms with Crippen LogP contribution in [0.15, 0.2) is 206 Å². The summed E-state index contributed by atoms with van der Waals surface area (Å²) in [7, 11) is 0. The minimum Gasteiger partial charge on any atom is -0.309 e. The van der Waals surface area contributed by atoms with Crippen molar-refractivity contribution in [2.75, 3.05) is 0 Å². The van der Waals surface area contributed by atoms with E-state index in [1.807, 2.05) is 12.1 Å². The van der Waals surface area contributed by atoms with E-state index in [9.17, 15) is 0 Å². The Bertz CT molecular complexity index is 3910. The summed E-state index contributed by atoms with van der Waals surface area (Å²) in [5, 5.41) is 12.0. The highest BCUT2D eigenvalue weighted by molar-refractivity contribution is 6.20. The smallest absolute Gasteiger partial charge is 0.165 e. The Morgan fingerprint density at radius 3 is 1.70 bits per heavy atom. The normalized spacial score (nSPS) is 12.0. The van der Waals surface area contributed by atoms with Crippen LogP contribution >= 0.6 is 0 Å². The second-order valence-electron chi connectivity index (χ2n) is 15.8. The highest BCUT2D eigenvalue weighted by Crippen LogP contribution is 2.42. The lowest BCUT2D eigenvalue weighted by atomic mass is 10.0. The van der Waals surface area contributed by atoms with Gasteiger partial charge in [0.15, 0.2) is 5.82 Å². The van der Waals surface area contributed by atoms with E-state index in [1.54, 1.807) is 0 Å². The first-order valence-corrected chi connectivity index (χ1v) is 20.5. The third-order valence-electron chi connectivity index (χ3n) is 12.4. The summed E-state index contributed by atoms with van der Waals surface area (Å²) < 4.78 is 4.78. The van der Waals surface area contributed by atoms with Gasteiger partial charge in [0.05, 0.1) is 33.1 Å². The SMILES string of the molecule is c1ccc2cc(-c3nc4ccccc4nc3-n3c4ccc(-c5ccc6c7ccccc7n(-c7ccc8ccccc8c7)c6c5)cc4c4ccc5ccccc5c43)ccc2c1. The molecule has 10 aromatic carbocycles. The van der Waals surface area contributed by atoms with Crippen molar-refractivity contribution in [3.63, 3.8) is 0 Å². The molecule has 0 aliphatic rings. The third kappa shape index (κ3) is 4.91. The maximum absolute atomic E-state index is 5.47. The van der Waals surface area contributed by atoms with Crippen LogP contribution in [-0.2, 0) is 0 Å². The lowest BCUT2D eigenvalue weighted by Crippen LogP contribution is -2.04. The molecule has 4 nitrogen and oxygen atoms in total. The van der Waals surface area contributed by atoms with E-state index in [-0.39, 0.29) is 0 Å². The maximum atomic E-state index is 5.47. The molecular weight excluding hydrogens is 729 g/mol. The van der Waals surface area contributed by atoms with Gasteiger partial charge in [0.2, 0.25) is 0 Å². The van der Waals surface area contributed by atoms with E-state index in [1.165, 1.54) is 70.5 Å². The average molecular weight is 763 g/mol. The largest absolute Gasteiger partial charge is 0.309 e. The zero-order valence-electron chi connectivity index (χ0n) is 32.4. The molecule has 0 aliphatic carbocycles. The van der Waals surface area contributed by atoms with Crippen LogP contribution in [0.5, 0.6) is 0 Å². The predicted octanol–water partition coefficient (Wildman–Crippen LogP) is 14.6. The zero-order chi connectivity index (χ0) is 39.3. The van der Waals surface area contributed by atoms with Crippen molar-refractivity contribution in [1.82, 2.24) is 19.1 Å². The van der Waals surface area contributed by atoms with Gasteiger partial charge >= 0.3 is 0 Å². The molecule has 13 rings (SSSR count). The molecule has 0 fully saturated rings. The monoisotopic (exact) mass is 762 g/mol. The van der Waals surface area contributed by atoms with Gasteiger partial charge in [-0.3, -0.25) is 4.57 Å². The molecule has 13 aromatic rings. The van der Waals surface area contributed by atoms with Gasteiger partial charge in [0, 0.05) is 38.2 Å². The summed E-state index contributed by atoms with van der Waals surface area (Å²) >= 11 is 0. The van der Waals surface area contributed by atoms with Crippen molar-refractivity contribution in [3.8, 4) is 33.9 Å². The molecule has 60 heavy (non-hydrogen) atoms. The molecule has 3 aromatic heterocycles. The fraction of sp³-hybridized carbons (Fsp3) is 0. The fourth-order valence-electron chi connectivity index (χ4n) is 9.60. The Morgan fingerprint density at radius 1 is 0.300 bits per heavy atom. The Hall–Kier alpha value is -8.08. The molecule has 0 atom stereocenters. The van der Waals surface area contributed by atoms with Crippen molar-refractivity contribution in [1.29, 1.82) is 0 Å². The van der Waals surface area contributed by atoms with Crippen molar-refractivity contribution in [2.45, 2.75) is 0 Å². The van der Waals surface area contributed by atoms with Crippen molar-refractivity contribution in [3.05, 3.63) is 206 Å². The van der Waals surface area contributed by atoms with Gasteiger partial charge in [-0.25, -0.2) is 9.97 Å². The second kappa shape index (κ2) is 12.7. The lowest BCUT2D eigenvalue weighted by molar-refractivity contribution is 1.08. The summed E-state index contributed by atoms with van der Waals surface area (Å²) in [5.41, 5.74) is 11.7. The highest BCUT2D eigenvalue weighted by atomic mass is 15.1. The number of aromatic nitrogens is 4. The second-order valence-corrected chi connectivity index (χ2v) is 15.8. The zero-order valence-corrected chi connectivity index (χ0v) is 32.4. The van der Waals surface area contributed by atoms with E-state index in [2.05, 4.69) is 203 Å². The van der Waals surface area contributed by atoms with Gasteiger partial charge in [-0.15, -0.1) is 0 Å². The molecule has 0 N–H and O–H groups in total. The first kappa shape index (κ1) is 32.9. The van der Waals surface area contributed by atoms with Crippen LogP contribution in [0.4, 0.5) is 0 Å². The van der Waals surface area contributed by atoms with Crippen molar-refractivity contribution < 1.29 is 0 Å². The van der Waals surface area contributed by atoms with Crippen molar-refractivity contribution >= 4 is 87.0 Å². The van der Waals surface area contributed by atoms with Crippen LogP contribution in [0.2, 0.25) is 0 Å². The molecule has 0 spiro atoms. The topological polar surface area (TPSA) is 35.6 Å². The standard InChI is InChI=1S/C56H34N4/c1-3-14-38-31-42(22-21-35(38)11-1)54-56(58-50-19-9-8-18-49(50)57-54)60-52-30-26-40(33-48(52)47-29-24-37-13-5-6-16-44(37)55(47)60)41-25-28-46-45-17-7-10-20-51(45)59(53(46)34-41)43-27-23-36-12-2-4-15-39(36)32-43/h1-34H. The predicted molar refractivity (Wildman–Crippen MR) is 252 cm³/mol. The van der Waals surface area contributed by atoms with Crippen LogP contribution in [0.25, 0.3) is 121 Å². The minimum atomic E-state index is 0.814. The summed E-state index contributed by atoms with van der Waals surface area (Å²) in [5.74, 6) is 0.814. The summed E-state index contributed by atoms with van der Waals surface area (Å²) in [4.78, 5) is 10.8. The van der Waals surface area contributed by atoms with Crippen LogP contribution in [0, 0.1) is 0 Å². The lowest BCUT2D eigenvalue weighted by Gasteiger charge is -2.15. The van der Waals surface area contributed by atoms with Crippen LogP contribution in [0.3, 0.4) is 0 Å². The molecule has 0 radical (unpaired) electrons. The number of fused-ring (bicyclic) bond motifs is 11. The summed E-state index contributed by atoms with van der Waals surface area (Å²) in [6.07, 6.45) is 0. The molecule has 0 bridgehead atoms. The molecule has 3 heterocycles. The quantitative estimate of drug-likeness (QED) is 0.179. The number of rotatable bonds is 4. The van der Waals surface area contributed by atoms with Crippen LogP contribution in [0.1, 0.15) is 0 Å². The van der Waals surface area contributed by atoms with E-state index < -0.39 is 0 Å². The van der Waals surface area contributed by atoms with Gasteiger partial charge in [0.25, 0.3) is 0 Å². The Labute approximate surface area is 344 Å². The van der Waals surface area contributed by atoms with E-state index >= 15 is 0 Å². The minimum absolute atomic E-state index is 0.814. The number of para-hydroxylation sites is 3. The van der Waals surface area contributed by atoms with Gasteiger partial charge in [0.1, 0.15) is 5.69 Å². The third-order valence-corrected chi connectivity index (χ3v) is 12.4.